The van der Waals surface area contributed by atoms with Crippen LogP contribution in [0.4, 0.5) is 10.1 Å². The van der Waals surface area contributed by atoms with Crippen LogP contribution in [0.15, 0.2) is 34.6 Å². The van der Waals surface area contributed by atoms with E-state index >= 15 is 0 Å². The Bertz CT molecular complexity index is 883. The van der Waals surface area contributed by atoms with E-state index in [-0.39, 0.29) is 35.7 Å². The molecule has 1 fully saturated rings. The third kappa shape index (κ3) is 7.58. The van der Waals surface area contributed by atoms with E-state index in [1.54, 1.807) is 23.5 Å². The third-order valence-corrected chi connectivity index (χ3v) is 6.00. The SMILES string of the molecule is CCNC(=NCCC(=O)N1CCN(c2ccc(F)cc2)CC1)N(C)Cc1csc(C)n1.I. The lowest BCUT2D eigenvalue weighted by Crippen LogP contribution is -2.49. The summed E-state index contributed by atoms with van der Waals surface area (Å²) in [4.78, 5) is 27.9. The number of carbonyl (C=O) groups excluding carboxylic acids is 1. The van der Waals surface area contributed by atoms with Gasteiger partial charge in [0.05, 0.1) is 23.8 Å². The number of halogens is 2. The summed E-state index contributed by atoms with van der Waals surface area (Å²) < 4.78 is 13.1. The average Bonchev–Trinajstić information content (AvgIpc) is 3.18. The summed E-state index contributed by atoms with van der Waals surface area (Å²) in [6.07, 6.45) is 0.384. The van der Waals surface area contributed by atoms with Crippen LogP contribution in [0.25, 0.3) is 0 Å². The van der Waals surface area contributed by atoms with E-state index in [1.165, 1.54) is 12.1 Å². The molecule has 32 heavy (non-hydrogen) atoms. The molecule has 10 heteroatoms. The first-order valence-corrected chi connectivity index (χ1v) is 11.5. The van der Waals surface area contributed by atoms with Crippen molar-refractivity contribution >= 4 is 52.9 Å². The van der Waals surface area contributed by atoms with Crippen molar-refractivity contribution in [3.8, 4) is 0 Å². The number of rotatable bonds is 7. The molecule has 0 bridgehead atoms. The average molecular weight is 575 g/mol. The molecule has 2 aromatic rings. The van der Waals surface area contributed by atoms with Crippen molar-refractivity contribution in [3.63, 3.8) is 0 Å². The molecule has 0 atom stereocenters. The van der Waals surface area contributed by atoms with Gasteiger partial charge >= 0.3 is 0 Å². The fraction of sp³-hybridized carbons (Fsp3) is 0.500. The van der Waals surface area contributed by atoms with Crippen LogP contribution < -0.4 is 10.2 Å². The number of aromatic nitrogens is 1. The standard InChI is InChI=1S/C22H31FN6OS.HI/c1-4-24-22(27(3)15-19-16-31-17(2)26-19)25-10-9-21(30)29-13-11-28(12-14-29)20-7-5-18(23)6-8-20;/h5-8,16H,4,9-15H2,1-3H3,(H,24,25);1H. The number of amides is 1. The molecule has 1 aliphatic heterocycles. The van der Waals surface area contributed by atoms with Gasteiger partial charge in [0.1, 0.15) is 5.82 Å². The van der Waals surface area contributed by atoms with Crippen LogP contribution in [0.1, 0.15) is 24.0 Å². The first-order chi connectivity index (χ1) is 15.0. The molecular formula is C22H32FIN6OS. The fourth-order valence-electron chi connectivity index (χ4n) is 3.55. The summed E-state index contributed by atoms with van der Waals surface area (Å²) in [5, 5.41) is 6.40. The van der Waals surface area contributed by atoms with Gasteiger partial charge in [-0.15, -0.1) is 35.3 Å². The smallest absolute Gasteiger partial charge is 0.224 e. The molecule has 7 nitrogen and oxygen atoms in total. The van der Waals surface area contributed by atoms with Crippen LogP contribution in [-0.2, 0) is 11.3 Å². The van der Waals surface area contributed by atoms with E-state index < -0.39 is 0 Å². The number of hydrogen-bond acceptors (Lipinski definition) is 5. The highest BCUT2D eigenvalue weighted by Gasteiger charge is 2.21. The maximum absolute atomic E-state index is 13.1. The number of aliphatic imine (C=N–C) groups is 1. The first-order valence-electron chi connectivity index (χ1n) is 10.6. The lowest BCUT2D eigenvalue weighted by Gasteiger charge is -2.36. The molecule has 176 valence electrons. The van der Waals surface area contributed by atoms with Crippen LogP contribution >= 0.6 is 35.3 Å². The molecule has 0 radical (unpaired) electrons. The van der Waals surface area contributed by atoms with E-state index in [2.05, 4.69) is 25.6 Å². The number of nitrogens with zero attached hydrogens (tertiary/aromatic N) is 5. The van der Waals surface area contributed by atoms with Gasteiger partial charge in [-0.05, 0) is 38.1 Å². The Kier molecular flexibility index (Phi) is 10.6. The summed E-state index contributed by atoms with van der Waals surface area (Å²) in [5.41, 5.74) is 2.01. The number of thiazole rings is 1. The second-order valence-electron chi connectivity index (χ2n) is 7.54. The molecule has 0 unspecified atom stereocenters. The predicted octanol–water partition coefficient (Wildman–Crippen LogP) is 3.34. The highest BCUT2D eigenvalue weighted by molar-refractivity contribution is 14.0. The quantitative estimate of drug-likeness (QED) is 0.313. The lowest BCUT2D eigenvalue weighted by molar-refractivity contribution is -0.131. The number of guanidine groups is 1. The molecule has 1 aliphatic rings. The minimum atomic E-state index is -0.234. The van der Waals surface area contributed by atoms with Crippen LogP contribution in [-0.4, -0.2) is 73.0 Å². The maximum Gasteiger partial charge on any atom is 0.224 e. The third-order valence-electron chi connectivity index (χ3n) is 5.17. The van der Waals surface area contributed by atoms with Crippen LogP contribution in [0, 0.1) is 12.7 Å². The highest BCUT2D eigenvalue weighted by Crippen LogP contribution is 2.17. The van der Waals surface area contributed by atoms with Crippen molar-refractivity contribution in [1.82, 2.24) is 20.1 Å². The van der Waals surface area contributed by atoms with Crippen molar-refractivity contribution in [1.29, 1.82) is 0 Å². The van der Waals surface area contributed by atoms with Gasteiger partial charge in [-0.1, -0.05) is 0 Å². The largest absolute Gasteiger partial charge is 0.368 e. The lowest BCUT2D eigenvalue weighted by atomic mass is 10.2. The maximum atomic E-state index is 13.1. The summed E-state index contributed by atoms with van der Waals surface area (Å²) in [6, 6.07) is 6.51. The normalized spacial score (nSPS) is 14.2. The molecule has 1 amide bonds. The van der Waals surface area contributed by atoms with Gasteiger partial charge in [0.2, 0.25) is 5.91 Å². The van der Waals surface area contributed by atoms with Gasteiger partial charge in [0, 0.05) is 57.3 Å². The van der Waals surface area contributed by atoms with E-state index in [1.807, 2.05) is 30.7 Å². The highest BCUT2D eigenvalue weighted by atomic mass is 127. The molecule has 1 aromatic heterocycles. The predicted molar refractivity (Wildman–Crippen MR) is 140 cm³/mol. The number of carbonyl (C=O) groups is 1. The number of aryl methyl sites for hydroxylation is 1. The van der Waals surface area contributed by atoms with E-state index in [4.69, 9.17) is 0 Å². The molecule has 0 spiro atoms. The number of hydrogen-bond donors (Lipinski definition) is 1. The Morgan fingerprint density at radius 2 is 1.94 bits per heavy atom. The summed E-state index contributed by atoms with van der Waals surface area (Å²) >= 11 is 1.64. The van der Waals surface area contributed by atoms with Gasteiger partial charge in [0.25, 0.3) is 0 Å². The zero-order valence-corrected chi connectivity index (χ0v) is 22.0. The van der Waals surface area contributed by atoms with Gasteiger partial charge in [-0.3, -0.25) is 9.79 Å². The molecule has 2 heterocycles. The minimum Gasteiger partial charge on any atom is -0.368 e. The molecule has 1 saturated heterocycles. The number of benzene rings is 1. The van der Waals surface area contributed by atoms with Crippen molar-refractivity contribution in [2.75, 3.05) is 51.2 Å². The number of piperazine rings is 1. The Balaban J connectivity index is 0.00000363. The zero-order chi connectivity index (χ0) is 22.2. The summed E-state index contributed by atoms with van der Waals surface area (Å²) in [5.74, 6) is 0.667. The second kappa shape index (κ2) is 12.9. The topological polar surface area (TPSA) is 64.1 Å². The minimum absolute atomic E-state index is 0. The van der Waals surface area contributed by atoms with E-state index in [0.717, 1.165) is 42.0 Å². The Morgan fingerprint density at radius 1 is 1.25 bits per heavy atom. The molecule has 3 rings (SSSR count). The van der Waals surface area contributed by atoms with Crippen molar-refractivity contribution in [2.24, 2.45) is 4.99 Å². The zero-order valence-electron chi connectivity index (χ0n) is 18.9. The molecular weight excluding hydrogens is 542 g/mol. The Hall–Kier alpha value is -1.95. The van der Waals surface area contributed by atoms with Crippen LogP contribution in [0.2, 0.25) is 0 Å². The van der Waals surface area contributed by atoms with Crippen LogP contribution in [0.3, 0.4) is 0 Å². The van der Waals surface area contributed by atoms with Gasteiger partial charge in [-0.25, -0.2) is 9.37 Å². The molecule has 0 aliphatic carbocycles. The second-order valence-corrected chi connectivity index (χ2v) is 8.61. The number of nitrogens with one attached hydrogen (secondary N) is 1. The van der Waals surface area contributed by atoms with E-state index in [0.29, 0.717) is 32.6 Å². The molecule has 1 aromatic carbocycles. The first kappa shape index (κ1) is 26.3. The van der Waals surface area contributed by atoms with Gasteiger partial charge in [0.15, 0.2) is 5.96 Å². The van der Waals surface area contributed by atoms with Crippen molar-refractivity contribution < 1.29 is 9.18 Å². The van der Waals surface area contributed by atoms with E-state index in [9.17, 15) is 9.18 Å². The summed E-state index contributed by atoms with van der Waals surface area (Å²) in [6.45, 7) is 8.75. The van der Waals surface area contributed by atoms with Gasteiger partial charge < -0.3 is 20.0 Å². The van der Waals surface area contributed by atoms with Gasteiger partial charge in [-0.2, -0.15) is 0 Å². The monoisotopic (exact) mass is 574 g/mol. The Labute approximate surface area is 210 Å². The number of anilines is 1. The van der Waals surface area contributed by atoms with Crippen LogP contribution in [0.5, 0.6) is 0 Å². The molecule has 1 N–H and O–H groups in total. The Morgan fingerprint density at radius 3 is 2.53 bits per heavy atom. The van der Waals surface area contributed by atoms with Crippen molar-refractivity contribution in [3.05, 3.63) is 46.2 Å². The summed E-state index contributed by atoms with van der Waals surface area (Å²) in [7, 11) is 1.98. The molecule has 0 saturated carbocycles. The van der Waals surface area contributed by atoms with Crippen molar-refractivity contribution in [2.45, 2.75) is 26.8 Å². The fourth-order valence-corrected chi connectivity index (χ4v) is 4.15.